The average molecular weight is 428 g/mol. The standard InChI is InChI=1S/C18H13F5N4OS/c1-10(15(28)13-3-2-12(19)8-14(13)20)29-17-26-25-16(11-4-6-24-7-5-11)27(17)9-18(21,22)23/h2-8,10H,9H2,1H3. The van der Waals surface area contributed by atoms with Gasteiger partial charge in [-0.1, -0.05) is 11.8 Å². The van der Waals surface area contributed by atoms with Gasteiger partial charge in [0.1, 0.15) is 18.2 Å². The summed E-state index contributed by atoms with van der Waals surface area (Å²) in [6, 6.07) is 5.45. The average Bonchev–Trinajstić information content (AvgIpc) is 3.02. The highest BCUT2D eigenvalue weighted by molar-refractivity contribution is 8.00. The number of thioether (sulfide) groups is 1. The summed E-state index contributed by atoms with van der Waals surface area (Å²) in [7, 11) is 0. The lowest BCUT2D eigenvalue weighted by atomic mass is 10.1. The zero-order valence-corrected chi connectivity index (χ0v) is 15.6. The first-order valence-corrected chi connectivity index (χ1v) is 9.10. The van der Waals surface area contributed by atoms with Gasteiger partial charge in [-0.2, -0.15) is 13.2 Å². The number of alkyl halides is 3. The van der Waals surface area contributed by atoms with Crippen LogP contribution < -0.4 is 0 Å². The second-order valence-electron chi connectivity index (χ2n) is 5.99. The van der Waals surface area contributed by atoms with E-state index < -0.39 is 35.4 Å². The van der Waals surface area contributed by atoms with Gasteiger partial charge in [-0.15, -0.1) is 10.2 Å². The van der Waals surface area contributed by atoms with Gasteiger partial charge in [-0.25, -0.2) is 8.78 Å². The van der Waals surface area contributed by atoms with E-state index in [2.05, 4.69) is 15.2 Å². The van der Waals surface area contributed by atoms with Crippen LogP contribution in [0.1, 0.15) is 17.3 Å². The summed E-state index contributed by atoms with van der Waals surface area (Å²) in [6.45, 7) is 0.0281. The summed E-state index contributed by atoms with van der Waals surface area (Å²) >= 11 is 0.706. The molecular weight excluding hydrogens is 415 g/mol. The highest BCUT2D eigenvalue weighted by atomic mass is 32.2. The van der Waals surface area contributed by atoms with E-state index in [9.17, 15) is 26.7 Å². The van der Waals surface area contributed by atoms with E-state index in [-0.39, 0.29) is 16.5 Å². The van der Waals surface area contributed by atoms with Crippen molar-refractivity contribution in [3.63, 3.8) is 0 Å². The summed E-state index contributed by atoms with van der Waals surface area (Å²) in [5, 5.41) is 6.45. The van der Waals surface area contributed by atoms with Crippen molar-refractivity contribution in [1.82, 2.24) is 19.7 Å². The molecule has 1 atom stereocenters. The summed E-state index contributed by atoms with van der Waals surface area (Å²) in [6.07, 6.45) is -1.76. The van der Waals surface area contributed by atoms with Crippen molar-refractivity contribution >= 4 is 17.5 Å². The fraction of sp³-hybridized carbons (Fsp3) is 0.222. The predicted molar refractivity (Wildman–Crippen MR) is 95.3 cm³/mol. The molecule has 0 saturated heterocycles. The number of halogens is 5. The SMILES string of the molecule is CC(Sc1nnc(-c2ccncc2)n1CC(F)(F)F)C(=O)c1ccc(F)cc1F. The van der Waals surface area contributed by atoms with E-state index >= 15 is 0 Å². The van der Waals surface area contributed by atoms with E-state index in [4.69, 9.17) is 0 Å². The van der Waals surface area contributed by atoms with Crippen molar-refractivity contribution in [2.24, 2.45) is 0 Å². The first kappa shape index (κ1) is 20.9. The molecule has 0 N–H and O–H groups in total. The van der Waals surface area contributed by atoms with Crippen LogP contribution in [0.3, 0.4) is 0 Å². The number of carbonyl (C=O) groups is 1. The number of Topliss-reactive ketones (excluding diaryl/α,β-unsaturated/α-hetero) is 1. The van der Waals surface area contributed by atoms with E-state index in [1.165, 1.54) is 31.5 Å². The van der Waals surface area contributed by atoms with E-state index in [1.54, 1.807) is 0 Å². The molecular formula is C18H13F5N4OS. The Morgan fingerprint density at radius 3 is 2.45 bits per heavy atom. The highest BCUT2D eigenvalue weighted by Gasteiger charge is 2.32. The fourth-order valence-corrected chi connectivity index (χ4v) is 3.45. The third-order valence-electron chi connectivity index (χ3n) is 3.84. The Kier molecular flexibility index (Phi) is 5.96. The van der Waals surface area contributed by atoms with Crippen LogP contribution >= 0.6 is 11.8 Å². The molecule has 29 heavy (non-hydrogen) atoms. The Morgan fingerprint density at radius 1 is 1.14 bits per heavy atom. The van der Waals surface area contributed by atoms with Crippen molar-refractivity contribution in [1.29, 1.82) is 0 Å². The van der Waals surface area contributed by atoms with Gasteiger partial charge in [-0.3, -0.25) is 14.3 Å². The van der Waals surface area contributed by atoms with E-state index in [0.29, 0.717) is 23.4 Å². The maximum absolute atomic E-state index is 13.9. The largest absolute Gasteiger partial charge is 0.406 e. The molecule has 0 radical (unpaired) electrons. The molecule has 0 bridgehead atoms. The summed E-state index contributed by atoms with van der Waals surface area (Å²) in [4.78, 5) is 16.3. The molecule has 3 aromatic rings. The zero-order valence-electron chi connectivity index (χ0n) is 14.8. The minimum Gasteiger partial charge on any atom is -0.293 e. The zero-order chi connectivity index (χ0) is 21.2. The molecule has 3 rings (SSSR count). The van der Waals surface area contributed by atoms with Crippen LogP contribution in [0.4, 0.5) is 22.0 Å². The maximum Gasteiger partial charge on any atom is 0.406 e. The second kappa shape index (κ2) is 8.27. The second-order valence-corrected chi connectivity index (χ2v) is 7.30. The van der Waals surface area contributed by atoms with Crippen LogP contribution in [0.25, 0.3) is 11.4 Å². The first-order valence-electron chi connectivity index (χ1n) is 8.22. The minimum atomic E-state index is -4.56. The van der Waals surface area contributed by atoms with Crippen molar-refractivity contribution in [3.8, 4) is 11.4 Å². The third kappa shape index (κ3) is 4.97. The van der Waals surface area contributed by atoms with Crippen LogP contribution in [0.15, 0.2) is 47.9 Å². The van der Waals surface area contributed by atoms with Gasteiger partial charge in [0.05, 0.1) is 10.8 Å². The Hall–Kier alpha value is -2.82. The van der Waals surface area contributed by atoms with Gasteiger partial charge in [0, 0.05) is 24.0 Å². The number of pyridine rings is 1. The molecule has 0 aliphatic rings. The van der Waals surface area contributed by atoms with E-state index in [1.807, 2.05) is 0 Å². The quantitative estimate of drug-likeness (QED) is 0.328. The lowest BCUT2D eigenvalue weighted by molar-refractivity contribution is -0.141. The Morgan fingerprint density at radius 2 is 1.83 bits per heavy atom. The van der Waals surface area contributed by atoms with Gasteiger partial charge >= 0.3 is 6.18 Å². The van der Waals surface area contributed by atoms with Crippen molar-refractivity contribution in [2.75, 3.05) is 0 Å². The molecule has 0 spiro atoms. The van der Waals surface area contributed by atoms with Crippen LogP contribution in [0.5, 0.6) is 0 Å². The number of ketones is 1. The monoisotopic (exact) mass is 428 g/mol. The first-order chi connectivity index (χ1) is 13.7. The van der Waals surface area contributed by atoms with Gasteiger partial charge in [0.25, 0.3) is 0 Å². The highest BCUT2D eigenvalue weighted by Crippen LogP contribution is 2.31. The van der Waals surface area contributed by atoms with Crippen LogP contribution in [0.2, 0.25) is 0 Å². The van der Waals surface area contributed by atoms with Gasteiger partial charge in [-0.05, 0) is 31.2 Å². The molecule has 2 aromatic heterocycles. The van der Waals surface area contributed by atoms with Crippen LogP contribution in [-0.2, 0) is 6.54 Å². The molecule has 0 saturated carbocycles. The normalized spacial score (nSPS) is 12.8. The van der Waals surface area contributed by atoms with Crippen LogP contribution in [0, 0.1) is 11.6 Å². The maximum atomic E-state index is 13.9. The topological polar surface area (TPSA) is 60.7 Å². The van der Waals surface area contributed by atoms with Gasteiger partial charge in [0.2, 0.25) is 0 Å². The molecule has 0 aliphatic carbocycles. The van der Waals surface area contributed by atoms with Crippen molar-refractivity contribution in [3.05, 3.63) is 59.9 Å². The Balaban J connectivity index is 1.92. The lowest BCUT2D eigenvalue weighted by Crippen LogP contribution is -2.21. The molecule has 0 fully saturated rings. The number of rotatable bonds is 6. The van der Waals surface area contributed by atoms with Gasteiger partial charge in [0.15, 0.2) is 16.8 Å². The summed E-state index contributed by atoms with van der Waals surface area (Å²) < 4.78 is 67.0. The molecule has 0 amide bonds. The van der Waals surface area contributed by atoms with Crippen molar-refractivity contribution < 1.29 is 26.7 Å². The molecule has 1 unspecified atom stereocenters. The predicted octanol–water partition coefficient (Wildman–Crippen LogP) is 4.54. The number of aromatic nitrogens is 4. The number of benzene rings is 1. The minimum absolute atomic E-state index is 0.0418. The molecule has 0 aliphatic heterocycles. The van der Waals surface area contributed by atoms with Crippen molar-refractivity contribution in [2.45, 2.75) is 30.1 Å². The summed E-state index contributed by atoms with van der Waals surface area (Å²) in [5.74, 6) is -2.64. The Labute approximate surface area is 166 Å². The molecule has 1 aromatic carbocycles. The number of hydrogen-bond donors (Lipinski definition) is 0. The number of carbonyl (C=O) groups excluding carboxylic acids is 1. The van der Waals surface area contributed by atoms with E-state index in [0.717, 1.165) is 16.7 Å². The third-order valence-corrected chi connectivity index (χ3v) is 4.92. The summed E-state index contributed by atoms with van der Waals surface area (Å²) in [5.41, 5.74) is 0.00908. The molecule has 152 valence electrons. The fourth-order valence-electron chi connectivity index (χ4n) is 2.53. The van der Waals surface area contributed by atoms with Crippen LogP contribution in [-0.4, -0.2) is 37.0 Å². The Bertz CT molecular complexity index is 1020. The number of hydrogen-bond acceptors (Lipinski definition) is 5. The van der Waals surface area contributed by atoms with Gasteiger partial charge < -0.3 is 0 Å². The molecule has 5 nitrogen and oxygen atoms in total. The molecule has 11 heteroatoms. The smallest absolute Gasteiger partial charge is 0.293 e. The molecule has 2 heterocycles. The number of nitrogens with zero attached hydrogens (tertiary/aromatic N) is 4. The lowest BCUT2D eigenvalue weighted by Gasteiger charge is -2.15.